The Morgan fingerprint density at radius 3 is 2.89 bits per heavy atom. The van der Waals surface area contributed by atoms with Crippen molar-refractivity contribution in [2.45, 2.75) is 13.3 Å². The van der Waals surface area contributed by atoms with Gasteiger partial charge in [0.2, 0.25) is 12.5 Å². The van der Waals surface area contributed by atoms with E-state index in [4.69, 9.17) is 6.57 Å². The van der Waals surface area contributed by atoms with Gasteiger partial charge in [-0.25, -0.2) is 6.57 Å². The van der Waals surface area contributed by atoms with Gasteiger partial charge in [-0.05, 0) is 0 Å². The summed E-state index contributed by atoms with van der Waals surface area (Å²) in [5, 5.41) is 2.60. The van der Waals surface area contributed by atoms with Crippen LogP contribution in [0, 0.1) is 6.57 Å². The van der Waals surface area contributed by atoms with E-state index in [9.17, 15) is 4.79 Å². The fourth-order valence-electron chi connectivity index (χ4n) is 0.423. The minimum absolute atomic E-state index is 0.0278. The van der Waals surface area contributed by atoms with Gasteiger partial charge >= 0.3 is 0 Å². The molecule has 0 fully saturated rings. The Labute approximate surface area is 54.9 Å². The van der Waals surface area contributed by atoms with Crippen LogP contribution in [-0.4, -0.2) is 19.0 Å². The zero-order valence-electron chi connectivity index (χ0n) is 5.48. The van der Waals surface area contributed by atoms with Crippen LogP contribution in [-0.2, 0) is 4.79 Å². The van der Waals surface area contributed by atoms with Crippen molar-refractivity contribution in [1.29, 1.82) is 0 Å². The van der Waals surface area contributed by atoms with Gasteiger partial charge in [-0.3, -0.25) is 4.79 Å². The Balaban J connectivity index is 2.94. The number of hydrogen-bond donors (Lipinski definition) is 1. The van der Waals surface area contributed by atoms with Gasteiger partial charge in [-0.15, -0.1) is 0 Å². The first-order valence-electron chi connectivity index (χ1n) is 2.85. The van der Waals surface area contributed by atoms with Gasteiger partial charge in [0.05, 0.1) is 0 Å². The molecule has 0 aliphatic heterocycles. The van der Waals surface area contributed by atoms with E-state index in [0.29, 0.717) is 13.1 Å². The maximum Gasteiger partial charge on any atom is 0.216 e. The molecular formula is C6H10N2O. The molecule has 0 atom stereocenters. The molecule has 0 unspecified atom stereocenters. The highest BCUT2D eigenvalue weighted by Crippen LogP contribution is 1.76. The molecule has 0 radical (unpaired) electrons. The van der Waals surface area contributed by atoms with Gasteiger partial charge in [-0.2, -0.15) is 0 Å². The first-order chi connectivity index (χ1) is 4.27. The summed E-state index contributed by atoms with van der Waals surface area (Å²) in [4.78, 5) is 13.3. The Morgan fingerprint density at radius 1 is 1.78 bits per heavy atom. The summed E-state index contributed by atoms with van der Waals surface area (Å²) in [5.41, 5.74) is 0. The predicted octanol–water partition coefficient (Wildman–Crippen LogP) is 0.432. The summed E-state index contributed by atoms with van der Waals surface area (Å²) >= 11 is 0. The second-order valence-electron chi connectivity index (χ2n) is 1.72. The highest BCUT2D eigenvalue weighted by molar-refractivity contribution is 5.72. The maximum absolute atomic E-state index is 10.2. The van der Waals surface area contributed by atoms with Gasteiger partial charge in [-0.1, -0.05) is 0 Å². The third kappa shape index (κ3) is 6.96. The predicted molar refractivity (Wildman–Crippen MR) is 34.8 cm³/mol. The Bertz CT molecular complexity index is 126. The number of nitrogens with zero attached hydrogens (tertiary/aromatic N) is 1. The second-order valence-corrected chi connectivity index (χ2v) is 1.72. The third-order valence-corrected chi connectivity index (χ3v) is 0.821. The summed E-state index contributed by atoms with van der Waals surface area (Å²) in [5.74, 6) is -0.0278. The van der Waals surface area contributed by atoms with Crippen LogP contribution in [0.4, 0.5) is 0 Å². The van der Waals surface area contributed by atoms with Crippen LogP contribution in [0.5, 0.6) is 0 Å². The average Bonchev–Trinajstić information content (AvgIpc) is 1.80. The summed E-state index contributed by atoms with van der Waals surface area (Å²) in [6.07, 6.45) is 0.753. The van der Waals surface area contributed by atoms with Gasteiger partial charge in [0.25, 0.3) is 0 Å². The molecule has 0 saturated heterocycles. The number of hydrogen-bond acceptors (Lipinski definition) is 1. The summed E-state index contributed by atoms with van der Waals surface area (Å²) in [6, 6.07) is 0. The van der Waals surface area contributed by atoms with Crippen LogP contribution in [0.15, 0.2) is 0 Å². The number of rotatable bonds is 3. The smallest absolute Gasteiger partial charge is 0.216 e. The van der Waals surface area contributed by atoms with Crippen molar-refractivity contribution in [2.75, 3.05) is 13.1 Å². The maximum atomic E-state index is 10.2. The van der Waals surface area contributed by atoms with Gasteiger partial charge in [0.1, 0.15) is 0 Å². The molecule has 3 heteroatoms. The van der Waals surface area contributed by atoms with E-state index in [1.165, 1.54) is 6.92 Å². The Hall–Kier alpha value is -1.04. The molecule has 0 aromatic heterocycles. The SMILES string of the molecule is [C-]#[N+]CCCNC(C)=O. The summed E-state index contributed by atoms with van der Waals surface area (Å²) < 4.78 is 0. The molecule has 50 valence electrons. The van der Waals surface area contributed by atoms with Crippen molar-refractivity contribution in [3.8, 4) is 0 Å². The van der Waals surface area contributed by atoms with Crippen LogP contribution >= 0.6 is 0 Å². The number of carbonyl (C=O) groups excluding carboxylic acids is 1. The lowest BCUT2D eigenvalue weighted by Crippen LogP contribution is -2.21. The lowest BCUT2D eigenvalue weighted by molar-refractivity contribution is -0.118. The van der Waals surface area contributed by atoms with Crippen molar-refractivity contribution >= 4 is 5.91 Å². The highest BCUT2D eigenvalue weighted by Gasteiger charge is 1.89. The molecule has 3 nitrogen and oxygen atoms in total. The topological polar surface area (TPSA) is 33.5 Å². The average molecular weight is 126 g/mol. The Kier molecular flexibility index (Phi) is 4.51. The zero-order valence-corrected chi connectivity index (χ0v) is 5.48. The quantitative estimate of drug-likeness (QED) is 0.432. The highest BCUT2D eigenvalue weighted by atomic mass is 16.1. The summed E-state index contributed by atoms with van der Waals surface area (Å²) in [7, 11) is 0. The molecule has 0 aliphatic carbocycles. The van der Waals surface area contributed by atoms with E-state index < -0.39 is 0 Å². The molecule has 0 rings (SSSR count). The first kappa shape index (κ1) is 7.96. The minimum atomic E-state index is -0.0278. The molecule has 0 heterocycles. The summed E-state index contributed by atoms with van der Waals surface area (Å²) in [6.45, 7) is 8.99. The van der Waals surface area contributed by atoms with E-state index in [2.05, 4.69) is 10.2 Å². The van der Waals surface area contributed by atoms with E-state index in [-0.39, 0.29) is 5.91 Å². The standard InChI is InChI=1S/C6H10N2O/c1-6(9)8-5-3-4-7-2/h3-5H2,1H3,(H,8,9). The van der Waals surface area contributed by atoms with Crippen molar-refractivity contribution in [2.24, 2.45) is 0 Å². The largest absolute Gasteiger partial charge is 0.356 e. The van der Waals surface area contributed by atoms with Crippen LogP contribution in [0.3, 0.4) is 0 Å². The molecular weight excluding hydrogens is 116 g/mol. The van der Waals surface area contributed by atoms with E-state index >= 15 is 0 Å². The van der Waals surface area contributed by atoms with Crippen molar-refractivity contribution in [1.82, 2.24) is 5.32 Å². The molecule has 0 saturated carbocycles. The molecule has 1 N–H and O–H groups in total. The third-order valence-electron chi connectivity index (χ3n) is 0.821. The lowest BCUT2D eigenvalue weighted by atomic mass is 10.4. The fraction of sp³-hybridized carbons (Fsp3) is 0.667. The van der Waals surface area contributed by atoms with Crippen molar-refractivity contribution in [3.05, 3.63) is 11.4 Å². The lowest BCUT2D eigenvalue weighted by Gasteiger charge is -1.94. The van der Waals surface area contributed by atoms with Crippen molar-refractivity contribution < 1.29 is 4.79 Å². The molecule has 0 aliphatic rings. The molecule has 9 heavy (non-hydrogen) atoms. The minimum Gasteiger partial charge on any atom is -0.356 e. The van der Waals surface area contributed by atoms with Crippen LogP contribution < -0.4 is 5.32 Å². The number of carbonyl (C=O) groups is 1. The molecule has 0 aromatic carbocycles. The van der Waals surface area contributed by atoms with E-state index in [1.807, 2.05) is 0 Å². The normalized spacial score (nSPS) is 8.00. The van der Waals surface area contributed by atoms with Crippen molar-refractivity contribution in [3.63, 3.8) is 0 Å². The van der Waals surface area contributed by atoms with Gasteiger partial charge in [0.15, 0.2) is 0 Å². The fourth-order valence-corrected chi connectivity index (χ4v) is 0.423. The zero-order chi connectivity index (χ0) is 7.11. The van der Waals surface area contributed by atoms with Crippen LogP contribution in [0.1, 0.15) is 13.3 Å². The second kappa shape index (κ2) is 5.10. The van der Waals surface area contributed by atoms with Crippen LogP contribution in [0.25, 0.3) is 4.85 Å². The van der Waals surface area contributed by atoms with Gasteiger partial charge < -0.3 is 10.2 Å². The number of amides is 1. The monoisotopic (exact) mass is 126 g/mol. The number of nitrogens with one attached hydrogen (secondary N) is 1. The van der Waals surface area contributed by atoms with E-state index in [0.717, 1.165) is 6.42 Å². The molecule has 0 spiro atoms. The van der Waals surface area contributed by atoms with E-state index in [1.54, 1.807) is 0 Å². The Morgan fingerprint density at radius 2 is 2.44 bits per heavy atom. The van der Waals surface area contributed by atoms with Gasteiger partial charge in [0, 0.05) is 19.9 Å². The first-order valence-corrected chi connectivity index (χ1v) is 2.85. The molecule has 0 bridgehead atoms. The molecule has 1 amide bonds. The van der Waals surface area contributed by atoms with Crippen LogP contribution in [0.2, 0.25) is 0 Å². The molecule has 0 aromatic rings.